The molecule has 0 aliphatic rings. The Balaban J connectivity index is 1.91. The molecule has 3 heterocycles. The predicted octanol–water partition coefficient (Wildman–Crippen LogP) is 1.58. The molecule has 3 N–H and O–H groups in total. The van der Waals surface area contributed by atoms with Gasteiger partial charge in [0.1, 0.15) is 17.0 Å². The van der Waals surface area contributed by atoms with Crippen LogP contribution in [0.15, 0.2) is 12.4 Å². The van der Waals surface area contributed by atoms with Gasteiger partial charge in [-0.2, -0.15) is 10.1 Å². The van der Waals surface area contributed by atoms with Gasteiger partial charge in [0.15, 0.2) is 5.82 Å². The Morgan fingerprint density at radius 3 is 2.95 bits per heavy atom. The maximum atomic E-state index is 5.76. The highest BCUT2D eigenvalue weighted by Crippen LogP contribution is 2.29. The van der Waals surface area contributed by atoms with Crippen LogP contribution in [0.1, 0.15) is 17.6 Å². The third-order valence-corrected chi connectivity index (χ3v) is 4.04. The standard InChI is InChI=1S/C12H15N7S/c1-3-7-4-8-10(16-12(13)17-11(8)20-7)14-5-9-15-6-19(2)18-9/h4,6H,3,5H2,1-2H3,(H3,13,14,16,17). The number of aryl methyl sites for hydroxylation is 2. The molecule has 0 unspecified atom stereocenters. The molecule has 0 fully saturated rings. The van der Waals surface area contributed by atoms with Crippen molar-refractivity contribution in [2.75, 3.05) is 11.1 Å². The van der Waals surface area contributed by atoms with E-state index in [2.05, 4.69) is 38.4 Å². The Labute approximate surface area is 119 Å². The number of nitrogens with two attached hydrogens (primary N) is 1. The van der Waals surface area contributed by atoms with E-state index in [1.165, 1.54) is 4.88 Å². The second kappa shape index (κ2) is 5.04. The van der Waals surface area contributed by atoms with Crippen molar-refractivity contribution in [3.63, 3.8) is 0 Å². The SMILES string of the molecule is CCc1cc2c(NCc3ncn(C)n3)nc(N)nc2s1. The molecule has 0 amide bonds. The van der Waals surface area contributed by atoms with Crippen LogP contribution >= 0.6 is 11.3 Å². The summed E-state index contributed by atoms with van der Waals surface area (Å²) in [6.07, 6.45) is 2.64. The van der Waals surface area contributed by atoms with E-state index in [-0.39, 0.29) is 5.95 Å². The molecule has 0 radical (unpaired) electrons. The third-order valence-electron chi connectivity index (χ3n) is 2.87. The number of nitrogens with zero attached hydrogens (tertiary/aromatic N) is 5. The number of nitrogen functional groups attached to an aromatic ring is 1. The highest BCUT2D eigenvalue weighted by atomic mass is 32.1. The lowest BCUT2D eigenvalue weighted by atomic mass is 10.3. The molecule has 20 heavy (non-hydrogen) atoms. The molecule has 0 bridgehead atoms. The van der Waals surface area contributed by atoms with Gasteiger partial charge in [0, 0.05) is 11.9 Å². The number of aromatic nitrogens is 5. The summed E-state index contributed by atoms with van der Waals surface area (Å²) >= 11 is 1.64. The molecule has 0 saturated carbocycles. The lowest BCUT2D eigenvalue weighted by Crippen LogP contribution is -2.06. The fraction of sp³-hybridized carbons (Fsp3) is 0.333. The van der Waals surface area contributed by atoms with Crippen molar-refractivity contribution in [2.45, 2.75) is 19.9 Å². The minimum atomic E-state index is 0.276. The largest absolute Gasteiger partial charge is 0.368 e. The Morgan fingerprint density at radius 2 is 2.25 bits per heavy atom. The zero-order chi connectivity index (χ0) is 14.1. The first kappa shape index (κ1) is 12.8. The fourth-order valence-electron chi connectivity index (χ4n) is 1.92. The van der Waals surface area contributed by atoms with Gasteiger partial charge in [0.25, 0.3) is 0 Å². The van der Waals surface area contributed by atoms with Crippen LogP contribution in [0.3, 0.4) is 0 Å². The zero-order valence-electron chi connectivity index (χ0n) is 11.3. The Morgan fingerprint density at radius 1 is 1.40 bits per heavy atom. The lowest BCUT2D eigenvalue weighted by Gasteiger charge is -2.05. The van der Waals surface area contributed by atoms with Crippen molar-refractivity contribution in [3.05, 3.63) is 23.1 Å². The van der Waals surface area contributed by atoms with E-state index in [1.807, 2.05) is 7.05 Å². The van der Waals surface area contributed by atoms with Gasteiger partial charge < -0.3 is 11.1 Å². The predicted molar refractivity (Wildman–Crippen MR) is 79.5 cm³/mol. The second-order valence-corrected chi connectivity index (χ2v) is 5.52. The first-order chi connectivity index (χ1) is 9.65. The van der Waals surface area contributed by atoms with Gasteiger partial charge in [-0.1, -0.05) is 6.92 Å². The maximum Gasteiger partial charge on any atom is 0.223 e. The van der Waals surface area contributed by atoms with Crippen molar-refractivity contribution < 1.29 is 0 Å². The summed E-state index contributed by atoms with van der Waals surface area (Å²) in [5.74, 6) is 1.72. The van der Waals surface area contributed by atoms with Gasteiger partial charge in [-0.05, 0) is 12.5 Å². The van der Waals surface area contributed by atoms with E-state index in [4.69, 9.17) is 5.73 Å². The minimum absolute atomic E-state index is 0.276. The summed E-state index contributed by atoms with van der Waals surface area (Å²) in [6.45, 7) is 2.62. The van der Waals surface area contributed by atoms with E-state index in [1.54, 1.807) is 22.3 Å². The highest BCUT2D eigenvalue weighted by molar-refractivity contribution is 7.18. The van der Waals surface area contributed by atoms with Crippen LogP contribution in [0.2, 0.25) is 0 Å². The molecule has 0 aliphatic carbocycles. The molecule has 0 aliphatic heterocycles. The summed E-state index contributed by atoms with van der Waals surface area (Å²) in [5.41, 5.74) is 5.76. The summed E-state index contributed by atoms with van der Waals surface area (Å²) in [6, 6.07) is 2.10. The Bertz CT molecular complexity index is 745. The van der Waals surface area contributed by atoms with Crippen molar-refractivity contribution in [1.29, 1.82) is 0 Å². The molecular formula is C12H15N7S. The summed E-state index contributed by atoms with van der Waals surface area (Å²) in [5, 5.41) is 8.45. The van der Waals surface area contributed by atoms with E-state index in [0.717, 1.165) is 22.5 Å². The number of nitrogens with one attached hydrogen (secondary N) is 1. The molecule has 7 nitrogen and oxygen atoms in total. The van der Waals surface area contributed by atoms with Crippen molar-refractivity contribution in [2.24, 2.45) is 7.05 Å². The van der Waals surface area contributed by atoms with Crippen molar-refractivity contribution >= 4 is 33.3 Å². The van der Waals surface area contributed by atoms with Gasteiger partial charge in [0.05, 0.1) is 11.9 Å². The van der Waals surface area contributed by atoms with Gasteiger partial charge in [-0.25, -0.2) is 9.97 Å². The molecule has 3 rings (SSSR count). The van der Waals surface area contributed by atoms with Gasteiger partial charge >= 0.3 is 0 Å². The molecule has 3 aromatic rings. The average Bonchev–Trinajstić information content (AvgIpc) is 3.01. The van der Waals surface area contributed by atoms with Gasteiger partial charge in [-0.3, -0.25) is 4.68 Å². The second-order valence-electron chi connectivity index (χ2n) is 4.40. The van der Waals surface area contributed by atoms with Crippen LogP contribution in [0.25, 0.3) is 10.2 Å². The molecule has 0 saturated heterocycles. The van der Waals surface area contributed by atoms with Crippen LogP contribution in [-0.4, -0.2) is 24.7 Å². The van der Waals surface area contributed by atoms with E-state index < -0.39 is 0 Å². The first-order valence-corrected chi connectivity index (χ1v) is 7.11. The Hall–Kier alpha value is -2.22. The number of anilines is 2. The number of thiophene rings is 1. The maximum absolute atomic E-state index is 5.76. The van der Waals surface area contributed by atoms with E-state index >= 15 is 0 Å². The quantitative estimate of drug-likeness (QED) is 0.757. The summed E-state index contributed by atoms with van der Waals surface area (Å²) < 4.78 is 1.67. The summed E-state index contributed by atoms with van der Waals surface area (Å²) in [7, 11) is 1.84. The molecule has 0 spiro atoms. The zero-order valence-corrected chi connectivity index (χ0v) is 12.1. The first-order valence-electron chi connectivity index (χ1n) is 6.30. The molecule has 0 aromatic carbocycles. The number of hydrogen-bond donors (Lipinski definition) is 2. The van der Waals surface area contributed by atoms with Crippen LogP contribution < -0.4 is 11.1 Å². The summed E-state index contributed by atoms with van der Waals surface area (Å²) in [4.78, 5) is 14.9. The van der Waals surface area contributed by atoms with Gasteiger partial charge in [0.2, 0.25) is 5.95 Å². The topological polar surface area (TPSA) is 94.5 Å². The van der Waals surface area contributed by atoms with Crippen LogP contribution in [-0.2, 0) is 20.0 Å². The fourth-order valence-corrected chi connectivity index (χ4v) is 2.90. The number of fused-ring (bicyclic) bond motifs is 1. The molecule has 8 heteroatoms. The van der Waals surface area contributed by atoms with Crippen LogP contribution in [0.4, 0.5) is 11.8 Å². The molecule has 3 aromatic heterocycles. The normalized spacial score (nSPS) is 11.1. The van der Waals surface area contributed by atoms with Crippen LogP contribution in [0, 0.1) is 0 Å². The highest BCUT2D eigenvalue weighted by Gasteiger charge is 2.10. The van der Waals surface area contributed by atoms with Crippen molar-refractivity contribution in [1.82, 2.24) is 24.7 Å². The smallest absolute Gasteiger partial charge is 0.223 e. The third kappa shape index (κ3) is 2.42. The molecular weight excluding hydrogens is 274 g/mol. The van der Waals surface area contributed by atoms with E-state index in [9.17, 15) is 0 Å². The monoisotopic (exact) mass is 289 g/mol. The average molecular weight is 289 g/mol. The van der Waals surface area contributed by atoms with E-state index in [0.29, 0.717) is 12.4 Å². The lowest BCUT2D eigenvalue weighted by molar-refractivity contribution is 0.747. The number of hydrogen-bond acceptors (Lipinski definition) is 7. The van der Waals surface area contributed by atoms with Crippen molar-refractivity contribution in [3.8, 4) is 0 Å². The van der Waals surface area contributed by atoms with Gasteiger partial charge in [-0.15, -0.1) is 11.3 Å². The molecule has 0 atom stereocenters. The Kier molecular flexibility index (Phi) is 3.23. The minimum Gasteiger partial charge on any atom is -0.368 e. The number of rotatable bonds is 4. The molecule has 104 valence electrons. The van der Waals surface area contributed by atoms with Crippen LogP contribution in [0.5, 0.6) is 0 Å².